The monoisotopic (exact) mass is 281 g/mol. The Hall–Kier alpha value is -1.85. The molecule has 1 aromatic rings. The van der Waals surface area contributed by atoms with E-state index in [2.05, 4.69) is 9.97 Å². The van der Waals surface area contributed by atoms with Gasteiger partial charge in [0.1, 0.15) is 6.54 Å². The fourth-order valence-electron chi connectivity index (χ4n) is 1.69. The first kappa shape index (κ1) is 16.2. The lowest BCUT2D eigenvalue weighted by Gasteiger charge is -2.34. The van der Waals surface area contributed by atoms with Gasteiger partial charge in [-0.25, -0.2) is 4.98 Å². The highest BCUT2D eigenvalue weighted by Crippen LogP contribution is 2.23. The fraction of sp³-hybridized carbons (Fsp3) is 0.643. The third-order valence-electron chi connectivity index (χ3n) is 2.52. The molecule has 0 fully saturated rings. The summed E-state index contributed by atoms with van der Waals surface area (Å²) in [5.41, 5.74) is 0.340. The van der Waals surface area contributed by atoms with Crippen LogP contribution in [0.15, 0.2) is 6.07 Å². The Kier molecular flexibility index (Phi) is 4.92. The molecule has 0 unspecified atom stereocenters. The second kappa shape index (κ2) is 6.07. The summed E-state index contributed by atoms with van der Waals surface area (Å²) in [4.78, 5) is 21.4. The van der Waals surface area contributed by atoms with Crippen LogP contribution in [0.2, 0.25) is 0 Å². The van der Waals surface area contributed by atoms with Gasteiger partial charge >= 0.3 is 5.97 Å². The number of aryl methyl sites for hydroxylation is 1. The number of aromatic nitrogens is 2. The van der Waals surface area contributed by atoms with E-state index in [0.717, 1.165) is 5.69 Å². The Labute approximate surface area is 119 Å². The van der Waals surface area contributed by atoms with Crippen molar-refractivity contribution in [3.63, 3.8) is 0 Å². The number of rotatable bonds is 5. The van der Waals surface area contributed by atoms with Crippen molar-refractivity contribution in [3.8, 4) is 5.88 Å². The van der Waals surface area contributed by atoms with Crippen LogP contribution in [0.4, 0.5) is 5.95 Å². The minimum atomic E-state index is -0.920. The molecular weight excluding hydrogens is 258 g/mol. The van der Waals surface area contributed by atoms with Crippen LogP contribution in [-0.2, 0) is 4.79 Å². The van der Waals surface area contributed by atoms with Crippen molar-refractivity contribution in [2.75, 3.05) is 11.4 Å². The van der Waals surface area contributed by atoms with Crippen LogP contribution in [0.5, 0.6) is 5.88 Å². The van der Waals surface area contributed by atoms with E-state index in [0.29, 0.717) is 11.8 Å². The predicted octanol–water partition coefficient (Wildman–Crippen LogP) is 2.26. The summed E-state index contributed by atoms with van der Waals surface area (Å²) in [5, 5.41) is 9.06. The van der Waals surface area contributed by atoms with Gasteiger partial charge in [0, 0.05) is 17.3 Å². The van der Waals surface area contributed by atoms with Gasteiger partial charge in [0.15, 0.2) is 0 Å². The number of carboxylic acid groups (broad SMARTS) is 1. The van der Waals surface area contributed by atoms with Crippen molar-refractivity contribution in [3.05, 3.63) is 11.8 Å². The summed E-state index contributed by atoms with van der Waals surface area (Å²) < 4.78 is 5.58. The second-order valence-electron chi connectivity index (χ2n) is 5.96. The lowest BCUT2D eigenvalue weighted by atomic mass is 10.1. The molecule has 1 heterocycles. The number of hydrogen-bond acceptors (Lipinski definition) is 5. The Morgan fingerprint density at radius 2 is 2.00 bits per heavy atom. The standard InChI is InChI=1S/C14H23N3O3/c1-9(2)20-11-7-10(3)15-13(16-11)17(8-12(18)19)14(4,5)6/h7,9H,8H2,1-6H3,(H,18,19). The molecule has 0 aromatic carbocycles. The van der Waals surface area contributed by atoms with Gasteiger partial charge in [0.2, 0.25) is 11.8 Å². The average molecular weight is 281 g/mol. The molecule has 0 aliphatic carbocycles. The SMILES string of the molecule is Cc1cc(OC(C)C)nc(N(CC(=O)O)C(C)(C)C)n1. The number of aliphatic carboxylic acids is 1. The van der Waals surface area contributed by atoms with Gasteiger partial charge in [-0.3, -0.25) is 4.79 Å². The highest BCUT2D eigenvalue weighted by molar-refractivity contribution is 5.73. The molecule has 6 nitrogen and oxygen atoms in total. The Morgan fingerprint density at radius 3 is 2.45 bits per heavy atom. The van der Waals surface area contributed by atoms with E-state index < -0.39 is 11.5 Å². The van der Waals surface area contributed by atoms with E-state index in [4.69, 9.17) is 9.84 Å². The third kappa shape index (κ3) is 4.68. The minimum Gasteiger partial charge on any atom is -0.480 e. The molecule has 0 spiro atoms. The van der Waals surface area contributed by atoms with Gasteiger partial charge in [0.25, 0.3) is 0 Å². The quantitative estimate of drug-likeness (QED) is 0.892. The van der Waals surface area contributed by atoms with Gasteiger partial charge in [-0.2, -0.15) is 4.98 Å². The molecule has 0 bridgehead atoms. The van der Waals surface area contributed by atoms with E-state index in [1.807, 2.05) is 41.5 Å². The molecule has 0 saturated heterocycles. The first-order valence-electron chi connectivity index (χ1n) is 6.61. The number of ether oxygens (including phenoxy) is 1. The number of nitrogens with zero attached hydrogens (tertiary/aromatic N) is 3. The number of hydrogen-bond donors (Lipinski definition) is 1. The smallest absolute Gasteiger partial charge is 0.323 e. The zero-order chi connectivity index (χ0) is 15.5. The maximum atomic E-state index is 11.0. The van der Waals surface area contributed by atoms with Gasteiger partial charge in [-0.15, -0.1) is 0 Å². The van der Waals surface area contributed by atoms with Gasteiger partial charge in [0.05, 0.1) is 6.10 Å². The van der Waals surface area contributed by atoms with Gasteiger partial charge in [-0.1, -0.05) is 0 Å². The molecule has 0 atom stereocenters. The summed E-state index contributed by atoms with van der Waals surface area (Å²) in [6, 6.07) is 1.74. The zero-order valence-corrected chi connectivity index (χ0v) is 13.0. The van der Waals surface area contributed by atoms with Crippen molar-refractivity contribution >= 4 is 11.9 Å². The molecule has 0 aliphatic heterocycles. The maximum Gasteiger partial charge on any atom is 0.323 e. The molecular formula is C14H23N3O3. The predicted molar refractivity (Wildman–Crippen MR) is 77.3 cm³/mol. The highest BCUT2D eigenvalue weighted by Gasteiger charge is 2.27. The lowest BCUT2D eigenvalue weighted by molar-refractivity contribution is -0.135. The topological polar surface area (TPSA) is 75.5 Å². The highest BCUT2D eigenvalue weighted by atomic mass is 16.5. The lowest BCUT2D eigenvalue weighted by Crippen LogP contribution is -2.45. The number of carboxylic acids is 1. The van der Waals surface area contributed by atoms with Crippen LogP contribution in [0.25, 0.3) is 0 Å². The van der Waals surface area contributed by atoms with E-state index >= 15 is 0 Å². The first-order valence-corrected chi connectivity index (χ1v) is 6.61. The molecule has 112 valence electrons. The third-order valence-corrected chi connectivity index (χ3v) is 2.52. The van der Waals surface area contributed by atoms with Gasteiger partial charge < -0.3 is 14.7 Å². The maximum absolute atomic E-state index is 11.0. The number of carbonyl (C=O) groups is 1. The second-order valence-corrected chi connectivity index (χ2v) is 5.96. The largest absolute Gasteiger partial charge is 0.480 e. The average Bonchev–Trinajstić information content (AvgIpc) is 2.22. The molecule has 0 amide bonds. The summed E-state index contributed by atoms with van der Waals surface area (Å²) in [7, 11) is 0. The molecule has 20 heavy (non-hydrogen) atoms. The van der Waals surface area contributed by atoms with Crippen molar-refractivity contribution in [2.24, 2.45) is 0 Å². The summed E-state index contributed by atoms with van der Waals surface area (Å²) in [6.07, 6.45) is -0.000268. The summed E-state index contributed by atoms with van der Waals surface area (Å²) in [6.45, 7) is 11.3. The van der Waals surface area contributed by atoms with Crippen molar-refractivity contribution in [1.82, 2.24) is 9.97 Å². The summed E-state index contributed by atoms with van der Waals surface area (Å²) >= 11 is 0. The van der Waals surface area contributed by atoms with Crippen LogP contribution >= 0.6 is 0 Å². The first-order chi connectivity index (χ1) is 9.09. The number of anilines is 1. The molecule has 1 aromatic heterocycles. The van der Waals surface area contributed by atoms with Crippen LogP contribution in [0.1, 0.15) is 40.3 Å². The van der Waals surface area contributed by atoms with E-state index in [1.165, 1.54) is 0 Å². The van der Waals surface area contributed by atoms with Crippen molar-refractivity contribution < 1.29 is 14.6 Å². The van der Waals surface area contributed by atoms with E-state index in [-0.39, 0.29) is 12.6 Å². The van der Waals surface area contributed by atoms with E-state index in [1.54, 1.807) is 11.0 Å². The van der Waals surface area contributed by atoms with Crippen LogP contribution in [0.3, 0.4) is 0 Å². The van der Waals surface area contributed by atoms with Crippen LogP contribution in [-0.4, -0.2) is 39.2 Å². The molecule has 0 saturated carbocycles. The van der Waals surface area contributed by atoms with Crippen LogP contribution in [0, 0.1) is 6.92 Å². The van der Waals surface area contributed by atoms with E-state index in [9.17, 15) is 4.79 Å². The Bertz CT molecular complexity index is 481. The van der Waals surface area contributed by atoms with Crippen molar-refractivity contribution in [2.45, 2.75) is 53.2 Å². The normalized spacial score (nSPS) is 11.6. The minimum absolute atomic E-state index is 0.000268. The molecule has 1 N–H and O–H groups in total. The molecule has 0 radical (unpaired) electrons. The van der Waals surface area contributed by atoms with Crippen molar-refractivity contribution in [1.29, 1.82) is 0 Å². The zero-order valence-electron chi connectivity index (χ0n) is 13.0. The van der Waals surface area contributed by atoms with Gasteiger partial charge in [-0.05, 0) is 41.5 Å². The molecule has 1 rings (SSSR count). The Morgan fingerprint density at radius 1 is 1.40 bits per heavy atom. The Balaban J connectivity index is 3.19. The van der Waals surface area contributed by atoms with Crippen LogP contribution < -0.4 is 9.64 Å². The summed E-state index contributed by atoms with van der Waals surface area (Å²) in [5.74, 6) is -0.0888. The molecule has 6 heteroatoms. The fourth-order valence-corrected chi connectivity index (χ4v) is 1.69. The molecule has 0 aliphatic rings.